The first-order chi connectivity index (χ1) is 6.30. The monoisotopic (exact) mass is 180 g/mol. The second-order valence-electron chi connectivity index (χ2n) is 3.98. The van der Waals surface area contributed by atoms with Crippen molar-refractivity contribution in [3.63, 3.8) is 0 Å². The van der Waals surface area contributed by atoms with E-state index in [1.54, 1.807) is 0 Å². The predicted molar refractivity (Wildman–Crippen MR) is 45.0 cm³/mol. The number of hydrogen-bond donors (Lipinski definition) is 0. The Morgan fingerprint density at radius 1 is 1.31 bits per heavy atom. The summed E-state index contributed by atoms with van der Waals surface area (Å²) < 4.78 is 11.3. The zero-order chi connectivity index (χ0) is 8.89. The lowest BCUT2D eigenvalue weighted by atomic mass is 9.71. The first-order valence-corrected chi connectivity index (χ1v) is 4.79. The lowest BCUT2D eigenvalue weighted by Crippen LogP contribution is -2.49. The van der Waals surface area contributed by atoms with E-state index in [2.05, 4.69) is 6.08 Å². The molecule has 1 saturated carbocycles. The lowest BCUT2D eigenvalue weighted by Gasteiger charge is -2.43. The van der Waals surface area contributed by atoms with Crippen molar-refractivity contribution in [2.75, 3.05) is 13.2 Å². The molecule has 2 unspecified atom stereocenters. The summed E-state index contributed by atoms with van der Waals surface area (Å²) in [5.41, 5.74) is 0. The minimum atomic E-state index is -0.437. The topological polar surface area (TPSA) is 35.5 Å². The first kappa shape index (κ1) is 7.71. The molecule has 70 valence electrons. The lowest BCUT2D eigenvalue weighted by molar-refractivity contribution is -0.210. The summed E-state index contributed by atoms with van der Waals surface area (Å²) in [6, 6.07) is 0. The predicted octanol–water partition coefficient (Wildman–Crippen LogP) is 0.895. The molecule has 0 N–H and O–H groups in total. The van der Waals surface area contributed by atoms with Gasteiger partial charge in [-0.2, -0.15) is 0 Å². The molecule has 3 aliphatic carbocycles. The molecule has 0 aromatic carbocycles. The van der Waals surface area contributed by atoms with Crippen LogP contribution in [0.3, 0.4) is 0 Å². The van der Waals surface area contributed by atoms with E-state index < -0.39 is 5.79 Å². The Labute approximate surface area is 76.7 Å². The van der Waals surface area contributed by atoms with Crippen molar-refractivity contribution in [2.24, 2.45) is 11.8 Å². The van der Waals surface area contributed by atoms with Crippen LogP contribution in [-0.2, 0) is 14.3 Å². The van der Waals surface area contributed by atoms with E-state index in [0.717, 1.165) is 6.42 Å². The average molecular weight is 180 g/mol. The molecule has 1 saturated heterocycles. The normalized spacial score (nSPS) is 40.5. The Morgan fingerprint density at radius 2 is 2.08 bits per heavy atom. The first-order valence-electron chi connectivity index (χ1n) is 4.79. The van der Waals surface area contributed by atoms with E-state index in [4.69, 9.17) is 9.47 Å². The number of ether oxygens (including phenoxy) is 2. The number of allylic oxidation sites excluding steroid dienone is 1. The number of ketones is 1. The molecule has 1 spiro atoms. The molecule has 0 aromatic rings. The minimum Gasteiger partial charge on any atom is -0.347 e. The highest BCUT2D eigenvalue weighted by Gasteiger charge is 2.52. The summed E-state index contributed by atoms with van der Waals surface area (Å²) in [6.45, 7) is 1.34. The van der Waals surface area contributed by atoms with E-state index in [1.165, 1.54) is 0 Å². The van der Waals surface area contributed by atoms with Crippen molar-refractivity contribution in [1.29, 1.82) is 0 Å². The molecule has 13 heavy (non-hydrogen) atoms. The fourth-order valence-electron chi connectivity index (χ4n) is 2.56. The molecule has 0 amide bonds. The van der Waals surface area contributed by atoms with Crippen molar-refractivity contribution in [3.05, 3.63) is 12.2 Å². The van der Waals surface area contributed by atoms with Gasteiger partial charge in [0.1, 0.15) is 5.78 Å². The smallest absolute Gasteiger partial charge is 0.176 e. The molecule has 3 heteroatoms. The van der Waals surface area contributed by atoms with Crippen molar-refractivity contribution in [2.45, 2.75) is 18.6 Å². The summed E-state index contributed by atoms with van der Waals surface area (Å²) in [4.78, 5) is 11.4. The molecule has 4 aliphatic rings. The van der Waals surface area contributed by atoms with Gasteiger partial charge in [0.15, 0.2) is 5.79 Å². The van der Waals surface area contributed by atoms with E-state index >= 15 is 0 Å². The van der Waals surface area contributed by atoms with Crippen molar-refractivity contribution in [3.8, 4) is 0 Å². The SMILES string of the molecule is O=C1CC2C=CC1CC21OCCO1. The van der Waals surface area contributed by atoms with Gasteiger partial charge < -0.3 is 9.47 Å². The van der Waals surface area contributed by atoms with Crippen LogP contribution >= 0.6 is 0 Å². The van der Waals surface area contributed by atoms with Crippen LogP contribution in [0.5, 0.6) is 0 Å². The Balaban J connectivity index is 1.96. The minimum absolute atomic E-state index is 0.0445. The Kier molecular flexibility index (Phi) is 1.44. The summed E-state index contributed by atoms with van der Waals surface area (Å²) in [5.74, 6) is 0.112. The van der Waals surface area contributed by atoms with Crippen molar-refractivity contribution in [1.82, 2.24) is 0 Å². The number of carbonyl (C=O) groups is 1. The molecule has 0 aromatic heterocycles. The number of carbonyl (C=O) groups excluding carboxylic acids is 1. The van der Waals surface area contributed by atoms with Crippen LogP contribution < -0.4 is 0 Å². The van der Waals surface area contributed by atoms with E-state index in [9.17, 15) is 4.79 Å². The molecule has 0 radical (unpaired) electrons. The molecule has 4 rings (SSSR count). The van der Waals surface area contributed by atoms with Crippen LogP contribution in [0.4, 0.5) is 0 Å². The van der Waals surface area contributed by atoms with Gasteiger partial charge in [-0.05, 0) is 0 Å². The summed E-state index contributed by atoms with van der Waals surface area (Å²) >= 11 is 0. The van der Waals surface area contributed by atoms with Crippen molar-refractivity contribution >= 4 is 5.78 Å². The maximum absolute atomic E-state index is 11.4. The zero-order valence-electron chi connectivity index (χ0n) is 7.36. The Hall–Kier alpha value is -0.670. The number of fused-ring (bicyclic) bond motifs is 1. The van der Waals surface area contributed by atoms with E-state index in [0.29, 0.717) is 25.4 Å². The van der Waals surface area contributed by atoms with Crippen LogP contribution in [0.25, 0.3) is 0 Å². The van der Waals surface area contributed by atoms with Gasteiger partial charge in [-0.15, -0.1) is 0 Å². The fraction of sp³-hybridized carbons (Fsp3) is 0.700. The maximum atomic E-state index is 11.4. The highest BCUT2D eigenvalue weighted by molar-refractivity contribution is 5.85. The summed E-state index contributed by atoms with van der Waals surface area (Å²) in [5, 5.41) is 0. The second-order valence-corrected chi connectivity index (χ2v) is 3.98. The average Bonchev–Trinajstić information content (AvgIpc) is 2.57. The second kappa shape index (κ2) is 2.42. The maximum Gasteiger partial charge on any atom is 0.176 e. The Morgan fingerprint density at radius 3 is 2.62 bits per heavy atom. The third-order valence-corrected chi connectivity index (χ3v) is 3.26. The van der Waals surface area contributed by atoms with Crippen LogP contribution in [0.15, 0.2) is 12.2 Å². The molecule has 2 atom stereocenters. The highest BCUT2D eigenvalue weighted by Crippen LogP contribution is 2.46. The highest BCUT2D eigenvalue weighted by atomic mass is 16.7. The van der Waals surface area contributed by atoms with Crippen LogP contribution in [0, 0.1) is 11.8 Å². The van der Waals surface area contributed by atoms with E-state index in [-0.39, 0.29) is 11.8 Å². The fourth-order valence-corrected chi connectivity index (χ4v) is 2.56. The third kappa shape index (κ3) is 0.944. The van der Waals surface area contributed by atoms with Gasteiger partial charge in [-0.1, -0.05) is 12.2 Å². The van der Waals surface area contributed by atoms with Crippen LogP contribution in [-0.4, -0.2) is 24.8 Å². The summed E-state index contributed by atoms with van der Waals surface area (Å²) in [6.07, 6.45) is 5.42. The summed E-state index contributed by atoms with van der Waals surface area (Å²) in [7, 11) is 0. The largest absolute Gasteiger partial charge is 0.347 e. The molecule has 2 bridgehead atoms. The van der Waals surface area contributed by atoms with Gasteiger partial charge in [0.2, 0.25) is 0 Å². The molecular formula is C10H12O3. The van der Waals surface area contributed by atoms with Gasteiger partial charge in [0, 0.05) is 24.7 Å². The number of Topliss-reactive ketones (excluding diaryl/α,β-unsaturated/α-hetero) is 1. The van der Waals surface area contributed by atoms with Gasteiger partial charge in [-0.25, -0.2) is 0 Å². The number of hydrogen-bond acceptors (Lipinski definition) is 3. The van der Waals surface area contributed by atoms with Gasteiger partial charge in [-0.3, -0.25) is 4.79 Å². The van der Waals surface area contributed by atoms with Gasteiger partial charge in [0.25, 0.3) is 0 Å². The van der Waals surface area contributed by atoms with Crippen molar-refractivity contribution < 1.29 is 14.3 Å². The van der Waals surface area contributed by atoms with Crippen LogP contribution in [0.2, 0.25) is 0 Å². The number of rotatable bonds is 0. The molecule has 1 heterocycles. The third-order valence-electron chi connectivity index (χ3n) is 3.26. The quantitative estimate of drug-likeness (QED) is 0.519. The van der Waals surface area contributed by atoms with Crippen LogP contribution in [0.1, 0.15) is 12.8 Å². The zero-order valence-corrected chi connectivity index (χ0v) is 7.36. The Bertz CT molecular complexity index is 276. The van der Waals surface area contributed by atoms with E-state index in [1.807, 2.05) is 6.08 Å². The molecule has 3 nitrogen and oxygen atoms in total. The van der Waals surface area contributed by atoms with Gasteiger partial charge in [0.05, 0.1) is 13.2 Å². The molecular weight excluding hydrogens is 168 g/mol. The molecule has 2 fully saturated rings. The van der Waals surface area contributed by atoms with Gasteiger partial charge >= 0.3 is 0 Å². The molecule has 1 aliphatic heterocycles. The standard InChI is InChI=1S/C10H12O3/c11-9-5-8-2-1-7(9)6-10(8)12-3-4-13-10/h1-2,7-8H,3-6H2.